The van der Waals surface area contributed by atoms with Crippen molar-refractivity contribution < 1.29 is 24.0 Å². The first-order valence-electron chi connectivity index (χ1n) is 6.83. The molecule has 0 amide bonds. The highest BCUT2D eigenvalue weighted by Crippen LogP contribution is 2.28. The topological polar surface area (TPSA) is 95.7 Å². The van der Waals surface area contributed by atoms with E-state index < -0.39 is 35.1 Å². The van der Waals surface area contributed by atoms with E-state index in [2.05, 4.69) is 0 Å². The predicted octanol–water partition coefficient (Wildman–Crippen LogP) is 1.82. The van der Waals surface area contributed by atoms with Crippen molar-refractivity contribution in [1.82, 2.24) is 0 Å². The number of Topliss-reactive ketones (excluding diaryl/α,β-unsaturated/α-hetero) is 1. The van der Waals surface area contributed by atoms with Crippen LogP contribution in [-0.2, 0) is 14.3 Å². The van der Waals surface area contributed by atoms with Crippen LogP contribution in [0.15, 0.2) is 24.3 Å². The summed E-state index contributed by atoms with van der Waals surface area (Å²) in [6.07, 6.45) is 0. The lowest BCUT2D eigenvalue weighted by Gasteiger charge is -2.21. The predicted molar refractivity (Wildman–Crippen MR) is 78.4 cm³/mol. The lowest BCUT2D eigenvalue weighted by Crippen LogP contribution is -2.34. The van der Waals surface area contributed by atoms with E-state index in [0.717, 1.165) is 0 Å². The SMILES string of the molecule is CCOC(=O)C(C(C)=O)C(C[N+](=O)[O-])c1ccc(OC)cc1. The fourth-order valence-electron chi connectivity index (χ4n) is 2.26. The van der Waals surface area contributed by atoms with Crippen LogP contribution >= 0.6 is 0 Å². The van der Waals surface area contributed by atoms with E-state index in [1.165, 1.54) is 14.0 Å². The normalized spacial score (nSPS) is 13.0. The van der Waals surface area contributed by atoms with Gasteiger partial charge in [-0.15, -0.1) is 0 Å². The van der Waals surface area contributed by atoms with Crippen LogP contribution in [0.1, 0.15) is 25.3 Å². The number of nitro groups is 1. The first-order chi connectivity index (χ1) is 10.4. The van der Waals surface area contributed by atoms with Gasteiger partial charge in [0, 0.05) is 4.92 Å². The summed E-state index contributed by atoms with van der Waals surface area (Å²) in [4.78, 5) is 34.2. The van der Waals surface area contributed by atoms with Crippen LogP contribution in [0.5, 0.6) is 5.75 Å². The van der Waals surface area contributed by atoms with Gasteiger partial charge in [0.1, 0.15) is 17.5 Å². The van der Waals surface area contributed by atoms with Crippen molar-refractivity contribution in [2.75, 3.05) is 20.3 Å². The van der Waals surface area contributed by atoms with E-state index in [9.17, 15) is 19.7 Å². The maximum Gasteiger partial charge on any atom is 0.317 e. The molecule has 0 aromatic heterocycles. The van der Waals surface area contributed by atoms with Gasteiger partial charge in [-0.2, -0.15) is 0 Å². The van der Waals surface area contributed by atoms with Gasteiger partial charge in [-0.25, -0.2) is 0 Å². The molecule has 1 aromatic carbocycles. The molecule has 0 bridgehead atoms. The molecule has 0 radical (unpaired) electrons. The van der Waals surface area contributed by atoms with Crippen LogP contribution in [-0.4, -0.2) is 36.9 Å². The molecule has 0 aliphatic heterocycles. The van der Waals surface area contributed by atoms with Crippen molar-refractivity contribution in [3.63, 3.8) is 0 Å². The van der Waals surface area contributed by atoms with E-state index in [-0.39, 0.29) is 6.61 Å². The van der Waals surface area contributed by atoms with Crippen molar-refractivity contribution in [2.45, 2.75) is 19.8 Å². The quantitative estimate of drug-likeness (QED) is 0.314. The number of methoxy groups -OCH3 is 1. The van der Waals surface area contributed by atoms with E-state index in [1.54, 1.807) is 31.2 Å². The number of carbonyl (C=O) groups excluding carboxylic acids is 2. The molecule has 0 saturated heterocycles. The van der Waals surface area contributed by atoms with Gasteiger partial charge in [0.25, 0.3) is 0 Å². The number of benzene rings is 1. The Kier molecular flexibility index (Phi) is 6.49. The molecule has 1 aromatic rings. The zero-order valence-corrected chi connectivity index (χ0v) is 12.8. The second-order valence-corrected chi connectivity index (χ2v) is 4.74. The van der Waals surface area contributed by atoms with Crippen LogP contribution in [0.25, 0.3) is 0 Å². The number of esters is 1. The Hall–Kier alpha value is -2.44. The molecule has 0 N–H and O–H groups in total. The number of nitrogens with zero attached hydrogens (tertiary/aromatic N) is 1. The van der Waals surface area contributed by atoms with Gasteiger partial charge in [0.2, 0.25) is 6.54 Å². The van der Waals surface area contributed by atoms with Crippen molar-refractivity contribution in [1.29, 1.82) is 0 Å². The number of carbonyl (C=O) groups is 2. The van der Waals surface area contributed by atoms with Crippen molar-refractivity contribution in [3.8, 4) is 5.75 Å². The Bertz CT molecular complexity index is 539. The minimum Gasteiger partial charge on any atom is -0.497 e. The Balaban J connectivity index is 3.19. The number of hydrogen-bond donors (Lipinski definition) is 0. The van der Waals surface area contributed by atoms with Gasteiger partial charge >= 0.3 is 5.97 Å². The number of hydrogen-bond acceptors (Lipinski definition) is 6. The molecule has 22 heavy (non-hydrogen) atoms. The summed E-state index contributed by atoms with van der Waals surface area (Å²) in [5.41, 5.74) is 0.519. The minimum absolute atomic E-state index is 0.108. The maximum absolute atomic E-state index is 12.0. The van der Waals surface area contributed by atoms with Gasteiger partial charge in [-0.1, -0.05) is 12.1 Å². The Labute approximate surface area is 128 Å². The molecule has 120 valence electrons. The van der Waals surface area contributed by atoms with E-state index in [4.69, 9.17) is 9.47 Å². The average Bonchev–Trinajstić information content (AvgIpc) is 2.46. The van der Waals surface area contributed by atoms with Crippen LogP contribution < -0.4 is 4.74 Å². The lowest BCUT2D eigenvalue weighted by atomic mass is 9.83. The third-order valence-corrected chi connectivity index (χ3v) is 3.27. The highest BCUT2D eigenvalue weighted by molar-refractivity contribution is 5.98. The van der Waals surface area contributed by atoms with Gasteiger partial charge in [0.15, 0.2) is 0 Å². The maximum atomic E-state index is 12.0. The Morgan fingerprint density at radius 2 is 1.86 bits per heavy atom. The van der Waals surface area contributed by atoms with Crippen molar-refractivity contribution in [2.24, 2.45) is 5.92 Å². The largest absolute Gasteiger partial charge is 0.497 e. The van der Waals surface area contributed by atoms with Crippen LogP contribution in [0.4, 0.5) is 0 Å². The summed E-state index contributed by atoms with van der Waals surface area (Å²) in [5.74, 6) is -2.69. The number of ketones is 1. The molecule has 0 heterocycles. The first kappa shape index (κ1) is 17.6. The van der Waals surface area contributed by atoms with Gasteiger partial charge in [0.05, 0.1) is 19.6 Å². The smallest absolute Gasteiger partial charge is 0.317 e. The molecule has 0 aliphatic carbocycles. The number of ether oxygens (including phenoxy) is 2. The third kappa shape index (κ3) is 4.54. The van der Waals surface area contributed by atoms with Crippen LogP contribution in [0, 0.1) is 16.0 Å². The van der Waals surface area contributed by atoms with Gasteiger partial charge in [-0.3, -0.25) is 19.7 Å². The second kappa shape index (κ2) is 8.11. The third-order valence-electron chi connectivity index (χ3n) is 3.27. The summed E-state index contributed by atoms with van der Waals surface area (Å²) < 4.78 is 9.92. The molecule has 1 rings (SSSR count). The molecule has 7 nitrogen and oxygen atoms in total. The molecule has 2 unspecified atom stereocenters. The van der Waals surface area contributed by atoms with Crippen molar-refractivity contribution >= 4 is 11.8 Å². The van der Waals surface area contributed by atoms with Crippen LogP contribution in [0.3, 0.4) is 0 Å². The van der Waals surface area contributed by atoms with E-state index in [0.29, 0.717) is 11.3 Å². The molecule has 7 heteroatoms. The Morgan fingerprint density at radius 3 is 2.27 bits per heavy atom. The van der Waals surface area contributed by atoms with Crippen LogP contribution in [0.2, 0.25) is 0 Å². The summed E-state index contributed by atoms with van der Waals surface area (Å²) >= 11 is 0. The van der Waals surface area contributed by atoms with Gasteiger partial charge in [-0.05, 0) is 31.5 Å². The van der Waals surface area contributed by atoms with Gasteiger partial charge < -0.3 is 9.47 Å². The monoisotopic (exact) mass is 309 g/mol. The molecular weight excluding hydrogens is 290 g/mol. The summed E-state index contributed by atoms with van der Waals surface area (Å²) in [6, 6.07) is 6.49. The average molecular weight is 309 g/mol. The molecule has 0 saturated carbocycles. The summed E-state index contributed by atoms with van der Waals surface area (Å²) in [6.45, 7) is 2.43. The molecule has 0 spiro atoms. The molecule has 0 fully saturated rings. The lowest BCUT2D eigenvalue weighted by molar-refractivity contribution is -0.484. The summed E-state index contributed by atoms with van der Waals surface area (Å²) in [5, 5.41) is 10.9. The van der Waals surface area contributed by atoms with E-state index >= 15 is 0 Å². The highest BCUT2D eigenvalue weighted by Gasteiger charge is 2.37. The van der Waals surface area contributed by atoms with Crippen molar-refractivity contribution in [3.05, 3.63) is 39.9 Å². The second-order valence-electron chi connectivity index (χ2n) is 4.74. The first-order valence-corrected chi connectivity index (χ1v) is 6.83. The fraction of sp³-hybridized carbons (Fsp3) is 0.467. The standard InChI is InChI=1S/C15H19NO6/c1-4-22-15(18)14(10(2)17)13(9-16(19)20)11-5-7-12(21-3)8-6-11/h5-8,13-14H,4,9H2,1-3H3. The molecule has 2 atom stereocenters. The zero-order chi connectivity index (χ0) is 16.7. The number of rotatable bonds is 8. The fourth-order valence-corrected chi connectivity index (χ4v) is 2.26. The zero-order valence-electron chi connectivity index (χ0n) is 12.8. The highest BCUT2D eigenvalue weighted by atomic mass is 16.6. The Morgan fingerprint density at radius 1 is 1.27 bits per heavy atom. The summed E-state index contributed by atoms with van der Waals surface area (Å²) in [7, 11) is 1.50. The molecule has 0 aliphatic rings. The van der Waals surface area contributed by atoms with E-state index in [1.807, 2.05) is 0 Å². The minimum atomic E-state index is -1.20. The molecular formula is C15H19NO6.